The van der Waals surface area contributed by atoms with Gasteiger partial charge in [-0.2, -0.15) is 0 Å². The molecule has 0 fully saturated rings. The molecule has 1 unspecified atom stereocenters. The molecule has 0 aliphatic rings. The summed E-state index contributed by atoms with van der Waals surface area (Å²) in [5, 5.41) is 0. The fourth-order valence-electron chi connectivity index (χ4n) is 1.55. The molecule has 1 aromatic carbocycles. The lowest BCUT2D eigenvalue weighted by atomic mass is 9.96. The maximum absolute atomic E-state index is 12.9. The second kappa shape index (κ2) is 5.58. The number of ether oxygens (including phenoxy) is 1. The van der Waals surface area contributed by atoms with E-state index in [4.69, 9.17) is 4.74 Å². The standard InChI is InChI=1S/C12H14F2O2/c1-3-16-10-6-4-5-9(8(2)7-15)11(10)12(13)14/h4-8,12H,3H2,1-2H3. The van der Waals surface area contributed by atoms with E-state index in [1.807, 2.05) is 0 Å². The highest BCUT2D eigenvalue weighted by Crippen LogP contribution is 2.35. The predicted octanol–water partition coefficient (Wildman–Crippen LogP) is 3.33. The van der Waals surface area contributed by atoms with Crippen molar-refractivity contribution in [2.45, 2.75) is 26.2 Å². The molecule has 0 spiro atoms. The van der Waals surface area contributed by atoms with Crippen molar-refractivity contribution >= 4 is 6.29 Å². The van der Waals surface area contributed by atoms with Crippen LogP contribution >= 0.6 is 0 Å². The Morgan fingerprint density at radius 3 is 2.62 bits per heavy atom. The number of carbonyl (C=O) groups excluding carboxylic acids is 1. The number of halogens is 2. The predicted molar refractivity (Wildman–Crippen MR) is 57.0 cm³/mol. The van der Waals surface area contributed by atoms with Crippen LogP contribution in [0.15, 0.2) is 18.2 Å². The van der Waals surface area contributed by atoms with Crippen molar-refractivity contribution in [3.63, 3.8) is 0 Å². The molecule has 16 heavy (non-hydrogen) atoms. The average molecular weight is 228 g/mol. The molecular formula is C12H14F2O2. The van der Waals surface area contributed by atoms with Gasteiger partial charge in [-0.1, -0.05) is 19.1 Å². The highest BCUT2D eigenvalue weighted by Gasteiger charge is 2.21. The van der Waals surface area contributed by atoms with E-state index >= 15 is 0 Å². The minimum absolute atomic E-state index is 0.156. The molecule has 1 atom stereocenters. The second-order valence-electron chi connectivity index (χ2n) is 3.42. The van der Waals surface area contributed by atoms with Crippen LogP contribution in [0.4, 0.5) is 8.78 Å². The molecule has 4 heteroatoms. The zero-order valence-corrected chi connectivity index (χ0v) is 9.24. The Morgan fingerprint density at radius 2 is 2.12 bits per heavy atom. The van der Waals surface area contributed by atoms with E-state index < -0.39 is 12.3 Å². The Labute approximate surface area is 93.2 Å². The summed E-state index contributed by atoms with van der Waals surface area (Å²) in [6.45, 7) is 3.63. The Morgan fingerprint density at radius 1 is 1.44 bits per heavy atom. The number of hydrogen-bond acceptors (Lipinski definition) is 2. The number of alkyl halides is 2. The molecule has 0 aliphatic heterocycles. The summed E-state index contributed by atoms with van der Waals surface area (Å²) in [6.07, 6.45) is -1.99. The van der Waals surface area contributed by atoms with Crippen LogP contribution < -0.4 is 4.74 Å². The summed E-state index contributed by atoms with van der Waals surface area (Å²) < 4.78 is 31.0. The molecule has 88 valence electrons. The van der Waals surface area contributed by atoms with Crippen LogP contribution in [0.3, 0.4) is 0 Å². The SMILES string of the molecule is CCOc1cccc(C(C)C=O)c1C(F)F. The molecule has 0 N–H and O–H groups in total. The quantitative estimate of drug-likeness (QED) is 0.722. The molecule has 0 amide bonds. The topological polar surface area (TPSA) is 26.3 Å². The fourth-order valence-corrected chi connectivity index (χ4v) is 1.55. The normalized spacial score (nSPS) is 12.6. The summed E-state index contributed by atoms with van der Waals surface area (Å²) in [6, 6.07) is 4.64. The lowest BCUT2D eigenvalue weighted by Gasteiger charge is -2.15. The van der Waals surface area contributed by atoms with Gasteiger partial charge in [0.05, 0.1) is 12.2 Å². The van der Waals surface area contributed by atoms with Crippen LogP contribution in [0.5, 0.6) is 5.75 Å². The third-order valence-electron chi connectivity index (χ3n) is 2.31. The van der Waals surface area contributed by atoms with Gasteiger partial charge < -0.3 is 9.53 Å². The minimum atomic E-state index is -2.64. The van der Waals surface area contributed by atoms with Crippen LogP contribution in [0.1, 0.15) is 37.3 Å². The van der Waals surface area contributed by atoms with Gasteiger partial charge in [0.2, 0.25) is 0 Å². The molecule has 0 bridgehead atoms. The molecule has 0 saturated carbocycles. The van der Waals surface area contributed by atoms with Crippen molar-refractivity contribution in [3.05, 3.63) is 29.3 Å². The fraction of sp³-hybridized carbons (Fsp3) is 0.417. The minimum Gasteiger partial charge on any atom is -0.493 e. The number of benzene rings is 1. The van der Waals surface area contributed by atoms with Gasteiger partial charge >= 0.3 is 0 Å². The van der Waals surface area contributed by atoms with Gasteiger partial charge in [0.15, 0.2) is 0 Å². The van der Waals surface area contributed by atoms with Crippen molar-refractivity contribution in [2.24, 2.45) is 0 Å². The smallest absolute Gasteiger partial charge is 0.267 e. The van der Waals surface area contributed by atoms with E-state index in [0.717, 1.165) is 0 Å². The second-order valence-corrected chi connectivity index (χ2v) is 3.42. The first kappa shape index (κ1) is 12.6. The van der Waals surface area contributed by atoms with Crippen LogP contribution in [0.2, 0.25) is 0 Å². The molecule has 1 rings (SSSR count). The van der Waals surface area contributed by atoms with Gasteiger partial charge in [-0.15, -0.1) is 0 Å². The third-order valence-corrected chi connectivity index (χ3v) is 2.31. The van der Waals surface area contributed by atoms with E-state index in [1.54, 1.807) is 19.9 Å². The van der Waals surface area contributed by atoms with E-state index in [1.165, 1.54) is 12.1 Å². The van der Waals surface area contributed by atoms with Crippen LogP contribution in [0.25, 0.3) is 0 Å². The maximum atomic E-state index is 12.9. The zero-order chi connectivity index (χ0) is 12.1. The highest BCUT2D eigenvalue weighted by atomic mass is 19.3. The zero-order valence-electron chi connectivity index (χ0n) is 9.24. The number of aldehydes is 1. The number of rotatable bonds is 5. The number of carbonyl (C=O) groups is 1. The van der Waals surface area contributed by atoms with Crippen molar-refractivity contribution in [1.82, 2.24) is 0 Å². The largest absolute Gasteiger partial charge is 0.493 e. The van der Waals surface area contributed by atoms with Gasteiger partial charge in [0.1, 0.15) is 12.0 Å². The van der Waals surface area contributed by atoms with Crippen LogP contribution in [-0.4, -0.2) is 12.9 Å². The van der Waals surface area contributed by atoms with Crippen LogP contribution in [0, 0.1) is 0 Å². The summed E-state index contributed by atoms with van der Waals surface area (Å²) >= 11 is 0. The van der Waals surface area contributed by atoms with Crippen molar-refractivity contribution in [2.75, 3.05) is 6.61 Å². The third kappa shape index (κ3) is 2.56. The Kier molecular flexibility index (Phi) is 4.40. The van der Waals surface area contributed by atoms with Gasteiger partial charge in [-0.05, 0) is 18.6 Å². The molecular weight excluding hydrogens is 214 g/mol. The molecule has 2 nitrogen and oxygen atoms in total. The van der Waals surface area contributed by atoms with E-state index in [0.29, 0.717) is 18.5 Å². The van der Waals surface area contributed by atoms with Gasteiger partial charge in [-0.25, -0.2) is 8.78 Å². The summed E-state index contributed by atoms with van der Waals surface area (Å²) in [5.41, 5.74) is 0.153. The molecule has 0 radical (unpaired) electrons. The van der Waals surface area contributed by atoms with E-state index in [9.17, 15) is 13.6 Å². The van der Waals surface area contributed by atoms with Gasteiger partial charge in [0, 0.05) is 5.92 Å². The molecule has 0 saturated heterocycles. The first-order chi connectivity index (χ1) is 7.61. The van der Waals surface area contributed by atoms with Crippen molar-refractivity contribution in [1.29, 1.82) is 0 Å². The number of hydrogen-bond donors (Lipinski definition) is 0. The lowest BCUT2D eigenvalue weighted by Crippen LogP contribution is -2.05. The van der Waals surface area contributed by atoms with E-state index in [-0.39, 0.29) is 11.3 Å². The summed E-state index contributed by atoms with van der Waals surface area (Å²) in [4.78, 5) is 10.7. The summed E-state index contributed by atoms with van der Waals surface area (Å²) in [7, 11) is 0. The first-order valence-corrected chi connectivity index (χ1v) is 5.10. The molecule has 0 aromatic heterocycles. The monoisotopic (exact) mass is 228 g/mol. The Bertz CT molecular complexity index is 364. The van der Waals surface area contributed by atoms with Crippen molar-refractivity contribution < 1.29 is 18.3 Å². The average Bonchev–Trinajstić information content (AvgIpc) is 2.27. The lowest BCUT2D eigenvalue weighted by molar-refractivity contribution is -0.108. The van der Waals surface area contributed by atoms with Crippen LogP contribution in [-0.2, 0) is 4.79 Å². The molecule has 1 aromatic rings. The van der Waals surface area contributed by atoms with Crippen molar-refractivity contribution in [3.8, 4) is 5.75 Å². The van der Waals surface area contributed by atoms with Gasteiger partial charge in [0.25, 0.3) is 6.43 Å². The highest BCUT2D eigenvalue weighted by molar-refractivity contribution is 5.64. The van der Waals surface area contributed by atoms with Gasteiger partial charge in [-0.3, -0.25) is 0 Å². The molecule has 0 aliphatic carbocycles. The maximum Gasteiger partial charge on any atom is 0.267 e. The Balaban J connectivity index is 3.26. The first-order valence-electron chi connectivity index (χ1n) is 5.10. The van der Waals surface area contributed by atoms with E-state index in [2.05, 4.69) is 0 Å². The molecule has 0 heterocycles. The Hall–Kier alpha value is -1.45. The summed E-state index contributed by atoms with van der Waals surface area (Å²) in [5.74, 6) is -0.395.